The summed E-state index contributed by atoms with van der Waals surface area (Å²) >= 11 is 9.40. The van der Waals surface area contributed by atoms with Crippen LogP contribution in [0, 0.1) is 6.92 Å². The molecular formula is C13H12BrClN2O. The summed E-state index contributed by atoms with van der Waals surface area (Å²) in [4.78, 5) is 3.93. The summed E-state index contributed by atoms with van der Waals surface area (Å²) in [6.45, 7) is 2.32. The lowest BCUT2D eigenvalue weighted by molar-refractivity contribution is 0.306. The molecule has 18 heavy (non-hydrogen) atoms. The molecular weight excluding hydrogens is 316 g/mol. The van der Waals surface area contributed by atoms with Crippen molar-refractivity contribution in [1.82, 2.24) is 4.98 Å². The van der Waals surface area contributed by atoms with E-state index in [0.29, 0.717) is 23.1 Å². The third-order valence-electron chi connectivity index (χ3n) is 2.50. The minimum absolute atomic E-state index is 0.369. The van der Waals surface area contributed by atoms with Crippen molar-refractivity contribution in [2.24, 2.45) is 0 Å². The molecule has 0 unspecified atom stereocenters. The van der Waals surface area contributed by atoms with Crippen molar-refractivity contribution in [1.29, 1.82) is 0 Å². The van der Waals surface area contributed by atoms with Gasteiger partial charge in [-0.2, -0.15) is 0 Å². The highest BCUT2D eigenvalue weighted by molar-refractivity contribution is 9.10. The number of anilines is 1. The van der Waals surface area contributed by atoms with E-state index < -0.39 is 0 Å². The van der Waals surface area contributed by atoms with Crippen LogP contribution in [0.3, 0.4) is 0 Å². The number of nitrogens with two attached hydrogens (primary N) is 1. The summed E-state index contributed by atoms with van der Waals surface area (Å²) < 4.78 is 6.67. The molecule has 0 atom stereocenters. The van der Waals surface area contributed by atoms with E-state index in [1.54, 1.807) is 12.4 Å². The van der Waals surface area contributed by atoms with Gasteiger partial charge in [-0.1, -0.05) is 27.5 Å². The minimum atomic E-state index is 0.369. The molecule has 1 aromatic heterocycles. The Morgan fingerprint density at radius 1 is 1.44 bits per heavy atom. The fourth-order valence-corrected chi connectivity index (χ4v) is 2.39. The first-order valence-electron chi connectivity index (χ1n) is 5.34. The number of benzene rings is 1. The summed E-state index contributed by atoms with van der Waals surface area (Å²) in [6.07, 6.45) is 3.28. The number of nitrogen functional groups attached to an aromatic ring is 1. The van der Waals surface area contributed by atoms with Crippen molar-refractivity contribution in [3.8, 4) is 5.75 Å². The molecule has 0 spiro atoms. The zero-order valence-corrected chi connectivity index (χ0v) is 12.1. The van der Waals surface area contributed by atoms with Gasteiger partial charge in [0.15, 0.2) is 0 Å². The van der Waals surface area contributed by atoms with Gasteiger partial charge in [0.05, 0.1) is 10.7 Å². The zero-order valence-electron chi connectivity index (χ0n) is 9.78. The maximum atomic E-state index is 6.01. The smallest absolute Gasteiger partial charge is 0.145 e. The lowest BCUT2D eigenvalue weighted by atomic mass is 10.2. The van der Waals surface area contributed by atoms with Crippen LogP contribution >= 0.6 is 27.5 Å². The Balaban J connectivity index is 2.19. The van der Waals surface area contributed by atoms with E-state index in [0.717, 1.165) is 15.6 Å². The lowest BCUT2D eigenvalue weighted by Crippen LogP contribution is -2.01. The number of aryl methyl sites for hydroxylation is 1. The fraction of sp³-hybridized carbons (Fsp3) is 0.154. The molecule has 0 saturated carbocycles. The van der Waals surface area contributed by atoms with Crippen LogP contribution in [0.15, 0.2) is 35.1 Å². The molecule has 1 aromatic carbocycles. The Morgan fingerprint density at radius 2 is 2.22 bits per heavy atom. The lowest BCUT2D eigenvalue weighted by Gasteiger charge is -2.12. The molecule has 94 valence electrons. The molecule has 3 nitrogen and oxygen atoms in total. The molecule has 5 heteroatoms. The normalized spacial score (nSPS) is 10.4. The molecule has 0 fully saturated rings. The van der Waals surface area contributed by atoms with Gasteiger partial charge >= 0.3 is 0 Å². The number of rotatable bonds is 3. The number of nitrogens with zero attached hydrogens (tertiary/aromatic N) is 1. The van der Waals surface area contributed by atoms with E-state index in [4.69, 9.17) is 22.1 Å². The highest BCUT2D eigenvalue weighted by Crippen LogP contribution is 2.31. The molecule has 0 saturated heterocycles. The van der Waals surface area contributed by atoms with Crippen LogP contribution in [0.5, 0.6) is 5.75 Å². The summed E-state index contributed by atoms with van der Waals surface area (Å²) in [5.41, 5.74) is 8.39. The first kappa shape index (κ1) is 13.2. The van der Waals surface area contributed by atoms with Crippen LogP contribution in [0.4, 0.5) is 5.69 Å². The van der Waals surface area contributed by atoms with Crippen LogP contribution in [0.2, 0.25) is 5.02 Å². The quantitative estimate of drug-likeness (QED) is 0.868. The van der Waals surface area contributed by atoms with Crippen LogP contribution in [0.1, 0.15) is 11.1 Å². The molecule has 2 N–H and O–H groups in total. The van der Waals surface area contributed by atoms with E-state index in [2.05, 4.69) is 20.9 Å². The first-order valence-corrected chi connectivity index (χ1v) is 6.52. The van der Waals surface area contributed by atoms with Crippen molar-refractivity contribution >= 4 is 33.2 Å². The predicted molar refractivity (Wildman–Crippen MR) is 76.9 cm³/mol. The number of halogens is 2. The van der Waals surface area contributed by atoms with Gasteiger partial charge in [0.1, 0.15) is 12.4 Å². The molecule has 0 aliphatic carbocycles. The van der Waals surface area contributed by atoms with Crippen LogP contribution < -0.4 is 10.5 Å². The minimum Gasteiger partial charge on any atom is -0.486 e. The standard InChI is InChI=1S/C13H12BrClN2O/c1-8-4-10(14)5-12(16)13(8)18-7-9-2-3-17-6-11(9)15/h2-6H,7,16H2,1H3. The van der Waals surface area contributed by atoms with Gasteiger partial charge < -0.3 is 10.5 Å². The maximum absolute atomic E-state index is 6.01. The Bertz CT molecular complexity index is 552. The van der Waals surface area contributed by atoms with E-state index >= 15 is 0 Å². The van der Waals surface area contributed by atoms with Gasteiger partial charge in [-0.15, -0.1) is 0 Å². The third-order valence-corrected chi connectivity index (χ3v) is 3.29. The van der Waals surface area contributed by atoms with Crippen molar-refractivity contribution in [2.45, 2.75) is 13.5 Å². The Kier molecular flexibility index (Phi) is 4.09. The highest BCUT2D eigenvalue weighted by Gasteiger charge is 2.08. The molecule has 0 amide bonds. The Morgan fingerprint density at radius 3 is 2.89 bits per heavy atom. The molecule has 0 aliphatic rings. The van der Waals surface area contributed by atoms with E-state index in [1.165, 1.54) is 0 Å². The molecule has 1 heterocycles. The third kappa shape index (κ3) is 2.94. The van der Waals surface area contributed by atoms with Crippen LogP contribution in [-0.4, -0.2) is 4.98 Å². The van der Waals surface area contributed by atoms with E-state index in [1.807, 2.05) is 25.1 Å². The first-order chi connectivity index (χ1) is 8.58. The van der Waals surface area contributed by atoms with Gasteiger partial charge in [0, 0.05) is 22.4 Å². The number of ether oxygens (including phenoxy) is 1. The Labute approximate surface area is 119 Å². The average molecular weight is 328 g/mol. The second-order valence-electron chi connectivity index (χ2n) is 3.90. The summed E-state index contributed by atoms with van der Waals surface area (Å²) in [5, 5.41) is 0.589. The average Bonchev–Trinajstić information content (AvgIpc) is 2.30. The van der Waals surface area contributed by atoms with Crippen molar-refractivity contribution in [3.05, 3.63) is 51.2 Å². The number of hydrogen-bond acceptors (Lipinski definition) is 3. The number of hydrogen-bond donors (Lipinski definition) is 1. The van der Waals surface area contributed by atoms with E-state index in [-0.39, 0.29) is 0 Å². The van der Waals surface area contributed by atoms with Crippen molar-refractivity contribution in [2.75, 3.05) is 5.73 Å². The van der Waals surface area contributed by atoms with E-state index in [9.17, 15) is 0 Å². The van der Waals surface area contributed by atoms with Crippen LogP contribution in [-0.2, 0) is 6.61 Å². The van der Waals surface area contributed by atoms with Crippen LogP contribution in [0.25, 0.3) is 0 Å². The van der Waals surface area contributed by atoms with Crippen molar-refractivity contribution < 1.29 is 4.74 Å². The van der Waals surface area contributed by atoms with Gasteiger partial charge in [-0.3, -0.25) is 4.98 Å². The van der Waals surface area contributed by atoms with Gasteiger partial charge in [-0.05, 0) is 30.7 Å². The second kappa shape index (κ2) is 5.59. The molecule has 0 radical (unpaired) electrons. The van der Waals surface area contributed by atoms with Gasteiger partial charge in [0.2, 0.25) is 0 Å². The number of aromatic nitrogens is 1. The summed E-state index contributed by atoms with van der Waals surface area (Å²) in [5.74, 6) is 0.686. The molecule has 2 aromatic rings. The maximum Gasteiger partial charge on any atom is 0.145 e. The summed E-state index contributed by atoms with van der Waals surface area (Å²) in [6, 6.07) is 5.60. The van der Waals surface area contributed by atoms with Gasteiger partial charge in [-0.25, -0.2) is 0 Å². The van der Waals surface area contributed by atoms with Gasteiger partial charge in [0.25, 0.3) is 0 Å². The predicted octanol–water partition coefficient (Wildman–Crippen LogP) is 3.97. The monoisotopic (exact) mass is 326 g/mol. The highest BCUT2D eigenvalue weighted by atomic mass is 79.9. The SMILES string of the molecule is Cc1cc(Br)cc(N)c1OCc1ccncc1Cl. The van der Waals surface area contributed by atoms with Crippen molar-refractivity contribution in [3.63, 3.8) is 0 Å². The summed E-state index contributed by atoms with van der Waals surface area (Å²) in [7, 11) is 0. The largest absolute Gasteiger partial charge is 0.486 e. The zero-order chi connectivity index (χ0) is 13.1. The second-order valence-corrected chi connectivity index (χ2v) is 5.22. The molecule has 0 aliphatic heterocycles. The molecule has 2 rings (SSSR count). The number of pyridine rings is 1. The molecule has 0 bridgehead atoms. The Hall–Kier alpha value is -1.26. The topological polar surface area (TPSA) is 48.1 Å². The fourth-order valence-electron chi connectivity index (χ4n) is 1.62.